The van der Waals surface area contributed by atoms with Crippen molar-refractivity contribution in [2.45, 2.75) is 0 Å². The van der Waals surface area contributed by atoms with Crippen LogP contribution in [0, 0.1) is 0 Å². The number of rotatable bonds is 3. The second-order valence-corrected chi connectivity index (χ2v) is 4.66. The summed E-state index contributed by atoms with van der Waals surface area (Å²) in [5.74, 6) is -1.58. The lowest BCUT2D eigenvalue weighted by molar-refractivity contribution is -0.138. The van der Waals surface area contributed by atoms with E-state index >= 15 is 0 Å². The van der Waals surface area contributed by atoms with Crippen molar-refractivity contribution >= 4 is 11.9 Å². The lowest BCUT2D eigenvalue weighted by Gasteiger charge is -2.33. The molecule has 0 spiro atoms. The highest BCUT2D eigenvalue weighted by molar-refractivity contribution is 5.97. The van der Waals surface area contributed by atoms with Gasteiger partial charge in [0.15, 0.2) is 0 Å². The summed E-state index contributed by atoms with van der Waals surface area (Å²) in [5, 5.41) is 27.6. The number of phenols is 2. The Morgan fingerprint density at radius 2 is 1.75 bits per heavy atom. The molecule has 0 atom stereocenters. The molecule has 0 radical (unpaired) electrons. The van der Waals surface area contributed by atoms with E-state index in [1.165, 1.54) is 12.1 Å². The van der Waals surface area contributed by atoms with Crippen LogP contribution in [0.1, 0.15) is 10.4 Å². The molecule has 1 aromatic carbocycles. The molecule has 7 heteroatoms. The summed E-state index contributed by atoms with van der Waals surface area (Å²) >= 11 is 0. The molecule has 2 rings (SSSR count). The molecule has 1 aromatic rings. The topological polar surface area (TPSA) is 101 Å². The van der Waals surface area contributed by atoms with E-state index in [9.17, 15) is 19.8 Å². The number of hydrogen-bond donors (Lipinski definition) is 3. The molecule has 1 aliphatic heterocycles. The van der Waals surface area contributed by atoms with Gasteiger partial charge in [0.2, 0.25) is 0 Å². The van der Waals surface area contributed by atoms with Gasteiger partial charge in [-0.1, -0.05) is 0 Å². The van der Waals surface area contributed by atoms with Crippen LogP contribution in [0.15, 0.2) is 18.2 Å². The Morgan fingerprint density at radius 1 is 1.10 bits per heavy atom. The van der Waals surface area contributed by atoms with Gasteiger partial charge in [0.1, 0.15) is 11.5 Å². The van der Waals surface area contributed by atoms with Crippen LogP contribution in [0.4, 0.5) is 0 Å². The first-order chi connectivity index (χ1) is 9.47. The lowest BCUT2D eigenvalue weighted by Crippen LogP contribution is -2.49. The second-order valence-electron chi connectivity index (χ2n) is 4.66. The molecule has 0 saturated carbocycles. The first-order valence-corrected chi connectivity index (χ1v) is 6.23. The van der Waals surface area contributed by atoms with Gasteiger partial charge in [0.25, 0.3) is 5.91 Å². The number of hydrogen-bond acceptors (Lipinski definition) is 5. The van der Waals surface area contributed by atoms with E-state index < -0.39 is 5.97 Å². The van der Waals surface area contributed by atoms with Crippen molar-refractivity contribution in [3.63, 3.8) is 0 Å². The van der Waals surface area contributed by atoms with Crippen LogP contribution in [0.5, 0.6) is 11.5 Å². The van der Waals surface area contributed by atoms with Crippen molar-refractivity contribution in [2.75, 3.05) is 32.7 Å². The first kappa shape index (κ1) is 14.1. The van der Waals surface area contributed by atoms with Crippen molar-refractivity contribution in [3.8, 4) is 11.5 Å². The highest BCUT2D eigenvalue weighted by Gasteiger charge is 2.24. The standard InChI is InChI=1S/C13H16N2O5/c16-9-1-2-10(11(17)7-9)13(20)15-5-3-14(4-6-15)8-12(18)19/h1-2,7,16-17H,3-6,8H2,(H,18,19). The van der Waals surface area contributed by atoms with E-state index in [1.807, 2.05) is 0 Å². The van der Waals surface area contributed by atoms with Crippen molar-refractivity contribution in [2.24, 2.45) is 0 Å². The maximum absolute atomic E-state index is 12.2. The predicted molar refractivity (Wildman–Crippen MR) is 69.8 cm³/mol. The summed E-state index contributed by atoms with van der Waals surface area (Å²) in [5.41, 5.74) is 0.134. The summed E-state index contributed by atoms with van der Waals surface area (Å²) in [6.07, 6.45) is 0. The maximum atomic E-state index is 12.2. The summed E-state index contributed by atoms with van der Waals surface area (Å²) in [7, 11) is 0. The van der Waals surface area contributed by atoms with E-state index in [0.29, 0.717) is 26.2 Å². The number of phenolic OH excluding ortho intramolecular Hbond substituents is 2. The smallest absolute Gasteiger partial charge is 0.317 e. The monoisotopic (exact) mass is 280 g/mol. The molecule has 108 valence electrons. The summed E-state index contributed by atoms with van der Waals surface area (Å²) in [6.45, 7) is 1.75. The van der Waals surface area contributed by atoms with Crippen molar-refractivity contribution in [1.82, 2.24) is 9.80 Å². The Morgan fingerprint density at radius 3 is 2.30 bits per heavy atom. The Balaban J connectivity index is 1.99. The fraction of sp³-hybridized carbons (Fsp3) is 0.385. The van der Waals surface area contributed by atoms with E-state index in [-0.39, 0.29) is 29.5 Å². The van der Waals surface area contributed by atoms with Gasteiger partial charge in [0, 0.05) is 32.2 Å². The molecule has 0 unspecified atom stereocenters. The molecule has 3 N–H and O–H groups in total. The van der Waals surface area contributed by atoms with Crippen LogP contribution in [0.3, 0.4) is 0 Å². The molecule has 0 aromatic heterocycles. The maximum Gasteiger partial charge on any atom is 0.317 e. The number of aromatic hydroxyl groups is 2. The van der Waals surface area contributed by atoms with Gasteiger partial charge in [0.05, 0.1) is 12.1 Å². The molecule has 1 saturated heterocycles. The zero-order valence-corrected chi connectivity index (χ0v) is 10.8. The van der Waals surface area contributed by atoms with E-state index in [4.69, 9.17) is 5.11 Å². The number of carbonyl (C=O) groups is 2. The molecule has 0 aliphatic carbocycles. The van der Waals surface area contributed by atoms with Crippen LogP contribution >= 0.6 is 0 Å². The highest BCUT2D eigenvalue weighted by atomic mass is 16.4. The SMILES string of the molecule is O=C(O)CN1CCN(C(=O)c2ccc(O)cc2O)CC1. The molecule has 20 heavy (non-hydrogen) atoms. The average molecular weight is 280 g/mol. The lowest BCUT2D eigenvalue weighted by atomic mass is 10.1. The molecule has 0 bridgehead atoms. The predicted octanol–water partition coefficient (Wildman–Crippen LogP) is -0.0598. The van der Waals surface area contributed by atoms with Gasteiger partial charge in [-0.3, -0.25) is 14.5 Å². The largest absolute Gasteiger partial charge is 0.508 e. The van der Waals surface area contributed by atoms with Gasteiger partial charge in [-0.25, -0.2) is 0 Å². The number of amides is 1. The van der Waals surface area contributed by atoms with Crippen LogP contribution in [-0.2, 0) is 4.79 Å². The quantitative estimate of drug-likeness (QED) is 0.717. The van der Waals surface area contributed by atoms with Crippen molar-refractivity contribution in [3.05, 3.63) is 23.8 Å². The molecular formula is C13H16N2O5. The summed E-state index contributed by atoms with van der Waals surface area (Å²) in [6, 6.07) is 3.83. The van der Waals surface area contributed by atoms with Gasteiger partial charge in [-0.15, -0.1) is 0 Å². The zero-order valence-electron chi connectivity index (χ0n) is 10.8. The number of carbonyl (C=O) groups excluding carboxylic acids is 1. The molecule has 1 fully saturated rings. The molecule has 1 heterocycles. The normalized spacial score (nSPS) is 16.1. The van der Waals surface area contributed by atoms with E-state index in [2.05, 4.69) is 0 Å². The van der Waals surface area contributed by atoms with Crippen molar-refractivity contribution in [1.29, 1.82) is 0 Å². The number of benzene rings is 1. The second kappa shape index (κ2) is 5.79. The number of carboxylic acids is 1. The molecule has 1 amide bonds. The summed E-state index contributed by atoms with van der Waals surface area (Å²) < 4.78 is 0. The third-order valence-corrected chi connectivity index (χ3v) is 3.23. The molecule has 1 aliphatic rings. The van der Waals surface area contributed by atoms with Gasteiger partial charge < -0.3 is 20.2 Å². The molecule has 7 nitrogen and oxygen atoms in total. The minimum absolute atomic E-state index is 0.0352. The number of nitrogens with zero attached hydrogens (tertiary/aromatic N) is 2. The summed E-state index contributed by atoms with van der Waals surface area (Å²) in [4.78, 5) is 26.1. The highest BCUT2D eigenvalue weighted by Crippen LogP contribution is 2.24. The minimum atomic E-state index is -0.888. The Hall–Kier alpha value is -2.28. The average Bonchev–Trinajstić information content (AvgIpc) is 2.38. The van der Waals surface area contributed by atoms with Gasteiger partial charge >= 0.3 is 5.97 Å². The van der Waals surface area contributed by atoms with Crippen molar-refractivity contribution < 1.29 is 24.9 Å². The fourth-order valence-electron chi connectivity index (χ4n) is 2.17. The Kier molecular flexibility index (Phi) is 4.09. The van der Waals surface area contributed by atoms with E-state index in [1.54, 1.807) is 9.80 Å². The fourth-order valence-corrected chi connectivity index (χ4v) is 2.17. The first-order valence-electron chi connectivity index (χ1n) is 6.23. The molecular weight excluding hydrogens is 264 g/mol. The number of aliphatic carboxylic acids is 1. The van der Waals surface area contributed by atoms with Crippen LogP contribution in [-0.4, -0.2) is 69.7 Å². The van der Waals surface area contributed by atoms with Gasteiger partial charge in [-0.2, -0.15) is 0 Å². The minimum Gasteiger partial charge on any atom is -0.508 e. The Bertz CT molecular complexity index is 523. The van der Waals surface area contributed by atoms with Gasteiger partial charge in [-0.05, 0) is 12.1 Å². The van der Waals surface area contributed by atoms with E-state index in [0.717, 1.165) is 6.07 Å². The van der Waals surface area contributed by atoms with Crippen LogP contribution in [0.2, 0.25) is 0 Å². The van der Waals surface area contributed by atoms with Crippen LogP contribution in [0.25, 0.3) is 0 Å². The number of piperazine rings is 1. The third kappa shape index (κ3) is 3.18. The van der Waals surface area contributed by atoms with Crippen LogP contribution < -0.4 is 0 Å². The third-order valence-electron chi connectivity index (χ3n) is 3.23. The Labute approximate surface area is 115 Å². The zero-order chi connectivity index (χ0) is 14.7. The number of carboxylic acid groups (broad SMARTS) is 1.